The van der Waals surface area contributed by atoms with Crippen molar-refractivity contribution >= 4 is 15.9 Å². The Balaban J connectivity index is 3.55. The van der Waals surface area contributed by atoms with E-state index in [1.54, 1.807) is 0 Å². The Morgan fingerprint density at radius 1 is 1.55 bits per heavy atom. The zero-order chi connectivity index (χ0) is 14.4. The average molecular weight is 224 g/mol. The van der Waals surface area contributed by atoms with Crippen LogP contribution in [0.2, 0.25) is 0 Å². The van der Waals surface area contributed by atoms with Crippen LogP contribution in [0.4, 0.5) is 4.39 Å². The van der Waals surface area contributed by atoms with Crippen LogP contribution in [0.15, 0.2) is 22.7 Å². The molecule has 0 heterocycles. The molecule has 0 bridgehead atoms. The van der Waals surface area contributed by atoms with Gasteiger partial charge in [0, 0.05) is 14.1 Å². The van der Waals surface area contributed by atoms with Gasteiger partial charge >= 0.3 is 0 Å². The molecule has 0 aliphatic rings. The molecule has 0 N–H and O–H groups in total. The lowest BCUT2D eigenvalue weighted by Crippen LogP contribution is -1.88. The quantitative estimate of drug-likeness (QED) is 0.682. The third-order valence-corrected chi connectivity index (χ3v) is 1.61. The molecule has 0 spiro atoms. The van der Waals surface area contributed by atoms with Crippen molar-refractivity contribution in [3.8, 4) is 0 Å². The Labute approximate surface area is 84.4 Å². The summed E-state index contributed by atoms with van der Waals surface area (Å²) >= 11 is 2.95. The van der Waals surface area contributed by atoms with Crippen molar-refractivity contribution in [1.29, 1.82) is 0 Å². The fourth-order valence-electron chi connectivity index (χ4n) is 0.698. The minimum atomic E-state index is -3.11. The van der Waals surface area contributed by atoms with Crippen molar-refractivity contribution in [3.05, 3.63) is 34.1 Å². The van der Waals surface area contributed by atoms with Gasteiger partial charge in [0.15, 0.2) is 0 Å². The smallest absolute Gasteiger partial charge is 0.124 e. The maximum atomic E-state index is 13.3. The lowest BCUT2D eigenvalue weighted by atomic mass is 10.0. The molecule has 0 aromatic heterocycles. The van der Waals surface area contributed by atoms with E-state index in [0.29, 0.717) is 0 Å². The Bertz CT molecular complexity index is 417. The van der Waals surface area contributed by atoms with Crippen LogP contribution in [0.25, 0.3) is 0 Å². The monoisotopic (exact) mass is 223 g/mol. The SMILES string of the molecule is [2H]C([2H])([2H])C([2H])(c1cc(F)cc(Br)c1)C([2H])([2H])[2H]. The van der Waals surface area contributed by atoms with Gasteiger partial charge in [-0.25, -0.2) is 4.39 Å². The highest BCUT2D eigenvalue weighted by atomic mass is 79.9. The van der Waals surface area contributed by atoms with Gasteiger partial charge in [-0.05, 0) is 29.7 Å². The van der Waals surface area contributed by atoms with Gasteiger partial charge in [0.1, 0.15) is 5.82 Å². The molecule has 1 aromatic carbocycles. The molecule has 11 heavy (non-hydrogen) atoms. The molecule has 60 valence electrons. The summed E-state index contributed by atoms with van der Waals surface area (Å²) in [7, 11) is 0. The normalized spacial score (nSPS) is 23.3. The molecule has 0 saturated heterocycles. The number of halogens is 2. The van der Waals surface area contributed by atoms with E-state index in [1.807, 2.05) is 0 Å². The van der Waals surface area contributed by atoms with Gasteiger partial charge in [-0.2, -0.15) is 0 Å². The molecule has 0 radical (unpaired) electrons. The summed E-state index contributed by atoms with van der Waals surface area (Å²) in [4.78, 5) is 0. The van der Waals surface area contributed by atoms with Crippen LogP contribution >= 0.6 is 15.9 Å². The Morgan fingerprint density at radius 2 is 2.27 bits per heavy atom. The Kier molecular flexibility index (Phi) is 0.966. The first-order valence-corrected chi connectivity index (χ1v) is 3.65. The van der Waals surface area contributed by atoms with Gasteiger partial charge < -0.3 is 0 Å². The van der Waals surface area contributed by atoms with Crippen LogP contribution < -0.4 is 0 Å². The zero-order valence-electron chi connectivity index (χ0n) is 12.5. The highest BCUT2D eigenvalue weighted by Gasteiger charge is 2.01. The minimum absolute atomic E-state index is 0.183. The van der Waals surface area contributed by atoms with Gasteiger partial charge in [0.2, 0.25) is 0 Å². The van der Waals surface area contributed by atoms with Crippen LogP contribution in [0.1, 0.15) is 34.8 Å². The van der Waals surface area contributed by atoms with Crippen LogP contribution in [-0.4, -0.2) is 0 Å². The summed E-state index contributed by atoms with van der Waals surface area (Å²) in [6, 6.07) is 2.95. The third-order valence-electron chi connectivity index (χ3n) is 1.15. The van der Waals surface area contributed by atoms with Crippen molar-refractivity contribution in [3.63, 3.8) is 0 Å². The van der Waals surface area contributed by atoms with Crippen molar-refractivity contribution in [2.45, 2.75) is 19.6 Å². The summed E-state index contributed by atoms with van der Waals surface area (Å²) in [5, 5.41) is 0. The predicted octanol–water partition coefficient (Wildman–Crippen LogP) is 3.71. The molecular formula is C9H10BrF. The minimum Gasteiger partial charge on any atom is -0.207 e. The van der Waals surface area contributed by atoms with Crippen LogP contribution in [0.3, 0.4) is 0 Å². The van der Waals surface area contributed by atoms with Crippen LogP contribution in [0, 0.1) is 5.82 Å². The lowest BCUT2D eigenvalue weighted by Gasteiger charge is -2.05. The largest absolute Gasteiger partial charge is 0.207 e. The van der Waals surface area contributed by atoms with Gasteiger partial charge in [-0.15, -0.1) is 0 Å². The predicted molar refractivity (Wildman–Crippen MR) is 48.2 cm³/mol. The molecular weight excluding hydrogens is 207 g/mol. The first-order chi connectivity index (χ1) is 7.89. The van der Waals surface area contributed by atoms with Gasteiger partial charge in [0.25, 0.3) is 0 Å². The fourth-order valence-corrected chi connectivity index (χ4v) is 1.16. The van der Waals surface area contributed by atoms with E-state index in [2.05, 4.69) is 15.9 Å². The molecule has 0 nitrogen and oxygen atoms in total. The summed E-state index contributed by atoms with van der Waals surface area (Å²) in [6.07, 6.45) is 0. The van der Waals surface area contributed by atoms with E-state index in [0.717, 1.165) is 18.2 Å². The van der Waals surface area contributed by atoms with Crippen molar-refractivity contribution < 1.29 is 14.0 Å². The summed E-state index contributed by atoms with van der Waals surface area (Å²) in [5.74, 6) is -3.67. The van der Waals surface area contributed by atoms with Gasteiger partial charge in [-0.1, -0.05) is 29.6 Å². The van der Waals surface area contributed by atoms with E-state index in [-0.39, 0.29) is 4.47 Å². The van der Waals surface area contributed by atoms with Crippen molar-refractivity contribution in [2.24, 2.45) is 0 Å². The summed E-state index contributed by atoms with van der Waals surface area (Å²) < 4.78 is 64.9. The molecule has 0 aliphatic heterocycles. The number of benzene rings is 1. The summed E-state index contributed by atoms with van der Waals surface area (Å²) in [6.45, 7) is -6.21. The highest BCUT2D eigenvalue weighted by molar-refractivity contribution is 9.10. The van der Waals surface area contributed by atoms with Crippen molar-refractivity contribution in [1.82, 2.24) is 0 Å². The number of hydrogen-bond donors (Lipinski definition) is 0. The Morgan fingerprint density at radius 3 is 2.82 bits per heavy atom. The number of rotatable bonds is 1. The second-order valence-corrected chi connectivity index (χ2v) is 2.95. The molecule has 1 rings (SSSR count). The van der Waals surface area contributed by atoms with E-state index >= 15 is 0 Å². The highest BCUT2D eigenvalue weighted by Crippen LogP contribution is 2.20. The standard InChI is InChI=1S/C9H10BrF/c1-6(2)7-3-8(10)5-9(11)4-7/h3-6H,1-2H3/i1D3,2D3,6D. The first-order valence-electron chi connectivity index (χ1n) is 6.36. The maximum absolute atomic E-state index is 13.3. The molecule has 2 heteroatoms. The second kappa shape index (κ2) is 3.35. The molecule has 0 atom stereocenters. The molecule has 1 aromatic rings. The van der Waals surface area contributed by atoms with E-state index < -0.39 is 31.0 Å². The van der Waals surface area contributed by atoms with E-state index in [1.165, 1.54) is 0 Å². The second-order valence-electron chi connectivity index (χ2n) is 2.03. The zero-order valence-corrected chi connectivity index (χ0v) is 7.07. The fraction of sp³-hybridized carbons (Fsp3) is 0.333. The van der Waals surface area contributed by atoms with Crippen LogP contribution in [0.5, 0.6) is 0 Å². The molecule has 0 aliphatic carbocycles. The van der Waals surface area contributed by atoms with Crippen LogP contribution in [-0.2, 0) is 0 Å². The molecule has 0 unspecified atom stereocenters. The van der Waals surface area contributed by atoms with Crippen molar-refractivity contribution in [2.75, 3.05) is 0 Å². The lowest BCUT2D eigenvalue weighted by molar-refractivity contribution is 0.622. The molecule has 0 amide bonds. The average Bonchev–Trinajstić information content (AvgIpc) is 2.11. The number of hydrogen-bond acceptors (Lipinski definition) is 0. The van der Waals surface area contributed by atoms with E-state index in [4.69, 9.17) is 9.60 Å². The topological polar surface area (TPSA) is 0 Å². The van der Waals surface area contributed by atoms with Gasteiger partial charge in [-0.3, -0.25) is 0 Å². The third kappa shape index (κ3) is 2.29. The Hall–Kier alpha value is -0.370. The first kappa shape index (κ1) is 3.17. The maximum Gasteiger partial charge on any atom is 0.124 e. The van der Waals surface area contributed by atoms with E-state index in [9.17, 15) is 4.39 Å². The summed E-state index contributed by atoms with van der Waals surface area (Å²) in [5.41, 5.74) is -0.408. The molecule has 0 saturated carbocycles. The van der Waals surface area contributed by atoms with Gasteiger partial charge in [0.05, 0.1) is 0 Å². The molecule has 0 fully saturated rings.